The maximum absolute atomic E-state index is 5.94. The molecule has 1 aromatic carbocycles. The van der Waals surface area contributed by atoms with E-state index < -0.39 is 0 Å². The molecule has 0 aliphatic rings. The lowest BCUT2D eigenvalue weighted by molar-refractivity contribution is 0.533. The first-order chi connectivity index (χ1) is 7.69. The van der Waals surface area contributed by atoms with Crippen LogP contribution in [0.2, 0.25) is 5.02 Å². The molecular weight excluding hydrogens is 240 g/mol. The maximum Gasteiger partial charge on any atom is 0.108 e. The molecule has 4 heteroatoms. The SMILES string of the molecule is CCC(C)NCc1nc2ccc(Cl)cc2s1. The predicted molar refractivity (Wildman–Crippen MR) is 71.2 cm³/mol. The van der Waals surface area contributed by atoms with Crippen molar-refractivity contribution in [3.05, 3.63) is 28.2 Å². The van der Waals surface area contributed by atoms with Crippen molar-refractivity contribution in [1.82, 2.24) is 10.3 Å². The summed E-state index contributed by atoms with van der Waals surface area (Å²) < 4.78 is 1.16. The van der Waals surface area contributed by atoms with Crippen LogP contribution < -0.4 is 5.32 Å². The first kappa shape index (κ1) is 11.8. The Kier molecular flexibility index (Phi) is 3.79. The van der Waals surface area contributed by atoms with Crippen LogP contribution in [0.15, 0.2) is 18.2 Å². The van der Waals surface area contributed by atoms with Gasteiger partial charge in [0.25, 0.3) is 0 Å². The molecule has 0 saturated carbocycles. The number of fused-ring (bicyclic) bond motifs is 1. The Bertz CT molecular complexity index is 481. The van der Waals surface area contributed by atoms with E-state index in [0.29, 0.717) is 6.04 Å². The van der Waals surface area contributed by atoms with Gasteiger partial charge in [0.05, 0.1) is 10.2 Å². The highest BCUT2D eigenvalue weighted by atomic mass is 35.5. The zero-order valence-electron chi connectivity index (χ0n) is 9.46. The summed E-state index contributed by atoms with van der Waals surface area (Å²) in [5, 5.41) is 5.34. The molecule has 0 bridgehead atoms. The van der Waals surface area contributed by atoms with E-state index in [0.717, 1.165) is 33.2 Å². The molecule has 1 unspecified atom stereocenters. The van der Waals surface area contributed by atoms with Gasteiger partial charge >= 0.3 is 0 Å². The second kappa shape index (κ2) is 5.13. The van der Waals surface area contributed by atoms with Crippen molar-refractivity contribution < 1.29 is 0 Å². The minimum Gasteiger partial charge on any atom is -0.308 e. The number of thiazole rings is 1. The Morgan fingerprint density at radius 3 is 3.06 bits per heavy atom. The van der Waals surface area contributed by atoms with Gasteiger partial charge in [-0.15, -0.1) is 11.3 Å². The van der Waals surface area contributed by atoms with E-state index in [9.17, 15) is 0 Å². The fourth-order valence-corrected chi connectivity index (χ4v) is 2.62. The Hall–Kier alpha value is -0.640. The van der Waals surface area contributed by atoms with Crippen molar-refractivity contribution in [3.63, 3.8) is 0 Å². The first-order valence-electron chi connectivity index (χ1n) is 5.47. The van der Waals surface area contributed by atoms with Crippen molar-refractivity contribution in [1.29, 1.82) is 0 Å². The zero-order chi connectivity index (χ0) is 11.5. The van der Waals surface area contributed by atoms with Gasteiger partial charge in [-0.1, -0.05) is 18.5 Å². The van der Waals surface area contributed by atoms with E-state index in [1.54, 1.807) is 11.3 Å². The highest BCUT2D eigenvalue weighted by Crippen LogP contribution is 2.25. The lowest BCUT2D eigenvalue weighted by Crippen LogP contribution is -2.24. The molecule has 0 amide bonds. The molecule has 0 aliphatic heterocycles. The molecule has 0 aliphatic carbocycles. The van der Waals surface area contributed by atoms with Crippen LogP contribution in [-0.4, -0.2) is 11.0 Å². The second-order valence-electron chi connectivity index (χ2n) is 3.91. The van der Waals surface area contributed by atoms with Crippen LogP contribution in [-0.2, 0) is 6.54 Å². The maximum atomic E-state index is 5.94. The summed E-state index contributed by atoms with van der Waals surface area (Å²) in [4.78, 5) is 4.56. The quantitative estimate of drug-likeness (QED) is 0.897. The van der Waals surface area contributed by atoms with Crippen molar-refractivity contribution in [2.75, 3.05) is 0 Å². The van der Waals surface area contributed by atoms with Crippen molar-refractivity contribution in [2.45, 2.75) is 32.9 Å². The second-order valence-corrected chi connectivity index (χ2v) is 5.46. The minimum atomic E-state index is 0.538. The third-order valence-electron chi connectivity index (χ3n) is 2.61. The van der Waals surface area contributed by atoms with Gasteiger partial charge in [0.2, 0.25) is 0 Å². The van der Waals surface area contributed by atoms with E-state index in [1.807, 2.05) is 18.2 Å². The average Bonchev–Trinajstić information content (AvgIpc) is 2.67. The zero-order valence-corrected chi connectivity index (χ0v) is 11.0. The molecule has 1 heterocycles. The number of hydrogen-bond acceptors (Lipinski definition) is 3. The van der Waals surface area contributed by atoms with Crippen molar-refractivity contribution >= 4 is 33.2 Å². The van der Waals surface area contributed by atoms with E-state index in [-0.39, 0.29) is 0 Å². The summed E-state index contributed by atoms with van der Waals surface area (Å²) >= 11 is 7.65. The molecule has 2 aromatic rings. The van der Waals surface area contributed by atoms with Crippen molar-refractivity contribution in [2.24, 2.45) is 0 Å². The summed E-state index contributed by atoms with van der Waals surface area (Å²) in [7, 11) is 0. The molecule has 1 aromatic heterocycles. The summed E-state index contributed by atoms with van der Waals surface area (Å²) in [5.74, 6) is 0. The van der Waals surface area contributed by atoms with Gasteiger partial charge in [-0.25, -0.2) is 4.98 Å². The molecule has 86 valence electrons. The molecule has 16 heavy (non-hydrogen) atoms. The van der Waals surface area contributed by atoms with Gasteiger partial charge in [-0.05, 0) is 31.5 Å². The monoisotopic (exact) mass is 254 g/mol. The van der Waals surface area contributed by atoms with E-state index >= 15 is 0 Å². The van der Waals surface area contributed by atoms with Crippen molar-refractivity contribution in [3.8, 4) is 0 Å². The van der Waals surface area contributed by atoms with Gasteiger partial charge in [-0.3, -0.25) is 0 Å². The number of rotatable bonds is 4. The van der Waals surface area contributed by atoms with Crippen LogP contribution in [0.5, 0.6) is 0 Å². The number of aromatic nitrogens is 1. The van der Waals surface area contributed by atoms with E-state index in [4.69, 9.17) is 11.6 Å². The molecule has 0 spiro atoms. The number of halogens is 1. The molecule has 1 N–H and O–H groups in total. The average molecular weight is 255 g/mol. The molecule has 2 rings (SSSR count). The summed E-state index contributed by atoms with van der Waals surface area (Å²) in [5.41, 5.74) is 1.04. The molecule has 1 atom stereocenters. The molecule has 0 radical (unpaired) electrons. The Labute approximate surface area is 105 Å². The lowest BCUT2D eigenvalue weighted by Gasteiger charge is -2.08. The van der Waals surface area contributed by atoms with Crippen LogP contribution in [0.3, 0.4) is 0 Å². The number of benzene rings is 1. The molecular formula is C12H15ClN2S. The summed E-state index contributed by atoms with van der Waals surface area (Å²) in [6.07, 6.45) is 1.14. The highest BCUT2D eigenvalue weighted by molar-refractivity contribution is 7.18. The third-order valence-corrected chi connectivity index (χ3v) is 3.86. The van der Waals surface area contributed by atoms with E-state index in [1.165, 1.54) is 0 Å². The fraction of sp³-hybridized carbons (Fsp3) is 0.417. The standard InChI is InChI=1S/C12H15ClN2S/c1-3-8(2)14-7-12-15-10-5-4-9(13)6-11(10)16-12/h4-6,8,14H,3,7H2,1-2H3. The summed E-state index contributed by atoms with van der Waals surface area (Å²) in [6.45, 7) is 5.20. The highest BCUT2D eigenvalue weighted by Gasteiger charge is 2.05. The Morgan fingerprint density at radius 1 is 1.50 bits per heavy atom. The number of nitrogens with zero attached hydrogens (tertiary/aromatic N) is 1. The summed E-state index contributed by atoms with van der Waals surface area (Å²) in [6, 6.07) is 6.37. The van der Waals surface area contributed by atoms with Crippen LogP contribution in [0.1, 0.15) is 25.3 Å². The van der Waals surface area contributed by atoms with Gasteiger partial charge in [-0.2, -0.15) is 0 Å². The predicted octanol–water partition coefficient (Wildman–Crippen LogP) is 3.84. The van der Waals surface area contributed by atoms with Gasteiger partial charge in [0.1, 0.15) is 5.01 Å². The largest absolute Gasteiger partial charge is 0.308 e. The van der Waals surface area contributed by atoms with E-state index in [2.05, 4.69) is 24.1 Å². The fourth-order valence-electron chi connectivity index (χ4n) is 1.43. The Balaban J connectivity index is 2.13. The minimum absolute atomic E-state index is 0.538. The lowest BCUT2D eigenvalue weighted by atomic mass is 10.3. The molecule has 0 saturated heterocycles. The van der Waals surface area contributed by atoms with Crippen LogP contribution in [0.4, 0.5) is 0 Å². The van der Waals surface area contributed by atoms with Crippen LogP contribution in [0, 0.1) is 0 Å². The third kappa shape index (κ3) is 2.73. The molecule has 2 nitrogen and oxygen atoms in total. The van der Waals surface area contributed by atoms with Gasteiger partial charge in [0.15, 0.2) is 0 Å². The van der Waals surface area contributed by atoms with Gasteiger partial charge in [0, 0.05) is 17.6 Å². The Morgan fingerprint density at radius 2 is 2.31 bits per heavy atom. The first-order valence-corrected chi connectivity index (χ1v) is 6.67. The normalized spacial score (nSPS) is 13.2. The topological polar surface area (TPSA) is 24.9 Å². The number of nitrogens with one attached hydrogen (secondary N) is 1. The van der Waals surface area contributed by atoms with Crippen LogP contribution in [0.25, 0.3) is 10.2 Å². The molecule has 0 fully saturated rings. The van der Waals surface area contributed by atoms with Gasteiger partial charge < -0.3 is 5.32 Å². The van der Waals surface area contributed by atoms with Crippen LogP contribution >= 0.6 is 22.9 Å². The smallest absolute Gasteiger partial charge is 0.108 e. The number of hydrogen-bond donors (Lipinski definition) is 1.